The van der Waals surface area contributed by atoms with Crippen LogP contribution in [0.5, 0.6) is 0 Å². The highest BCUT2D eigenvalue weighted by Gasteiger charge is 2.27. The molecule has 0 aliphatic heterocycles. The predicted molar refractivity (Wildman–Crippen MR) is 87.3 cm³/mol. The van der Waals surface area contributed by atoms with Gasteiger partial charge in [0.1, 0.15) is 12.1 Å². The first-order valence-corrected chi connectivity index (χ1v) is 7.70. The molecule has 1 heterocycles. The smallest absolute Gasteiger partial charge is 0.326 e. The number of carboxylic acids is 1. The highest BCUT2D eigenvalue weighted by Crippen LogP contribution is 2.00. The summed E-state index contributed by atoms with van der Waals surface area (Å²) in [6.45, 7) is -0.767. The number of hydrogen-bond donors (Lipinski definition) is 7. The molecule has 1 rings (SSSR count). The maximum absolute atomic E-state index is 12.1. The van der Waals surface area contributed by atoms with Crippen LogP contribution in [-0.4, -0.2) is 68.6 Å². The van der Waals surface area contributed by atoms with Crippen LogP contribution in [0.3, 0.4) is 0 Å². The van der Waals surface area contributed by atoms with E-state index in [2.05, 4.69) is 20.6 Å². The number of aromatic amines is 1. The molecule has 1 aromatic rings. The third-order valence-corrected chi connectivity index (χ3v) is 3.44. The van der Waals surface area contributed by atoms with Crippen LogP contribution in [0.1, 0.15) is 18.5 Å². The van der Waals surface area contributed by atoms with Gasteiger partial charge in [0.25, 0.3) is 0 Å². The predicted octanol–water partition coefficient (Wildman–Crippen LogP) is -3.41. The van der Waals surface area contributed by atoms with E-state index in [1.165, 1.54) is 12.5 Å². The molecule has 9 N–H and O–H groups in total. The first kappa shape index (κ1) is 21.1. The molecular formula is C14H22N6O6. The molecule has 0 radical (unpaired) electrons. The fourth-order valence-corrected chi connectivity index (χ4v) is 2.02. The van der Waals surface area contributed by atoms with Crippen LogP contribution in [-0.2, 0) is 25.6 Å². The summed E-state index contributed by atoms with van der Waals surface area (Å²) in [6, 6.07) is -3.80. The maximum Gasteiger partial charge on any atom is 0.326 e. The fourth-order valence-electron chi connectivity index (χ4n) is 2.02. The molecule has 26 heavy (non-hydrogen) atoms. The molecule has 0 aliphatic carbocycles. The molecule has 0 aliphatic rings. The zero-order valence-corrected chi connectivity index (χ0v) is 13.8. The van der Waals surface area contributed by atoms with Crippen LogP contribution >= 0.6 is 0 Å². The summed E-state index contributed by atoms with van der Waals surface area (Å²) < 4.78 is 0. The molecule has 0 unspecified atom stereocenters. The maximum atomic E-state index is 12.1. The summed E-state index contributed by atoms with van der Waals surface area (Å²) in [5.74, 6) is -3.73. The Kier molecular flexibility index (Phi) is 8.18. The van der Waals surface area contributed by atoms with Crippen LogP contribution in [0.4, 0.5) is 0 Å². The Balaban J connectivity index is 2.61. The summed E-state index contributed by atoms with van der Waals surface area (Å²) in [4.78, 5) is 52.6. The van der Waals surface area contributed by atoms with Gasteiger partial charge in [0, 0.05) is 24.7 Å². The molecule has 1 aromatic heterocycles. The SMILES string of the molecule is NC(=O)CC[C@H](NC(=O)[C@H](CO)NC(=O)[C@@H](N)Cc1cnc[nH]1)C(=O)O. The Morgan fingerprint density at radius 2 is 1.85 bits per heavy atom. The topological polar surface area (TPSA) is 214 Å². The second kappa shape index (κ2) is 10.1. The number of amides is 3. The van der Waals surface area contributed by atoms with Crippen LogP contribution in [0.15, 0.2) is 12.5 Å². The highest BCUT2D eigenvalue weighted by molar-refractivity contribution is 5.92. The van der Waals surface area contributed by atoms with Crippen LogP contribution in [0.25, 0.3) is 0 Å². The lowest BCUT2D eigenvalue weighted by Crippen LogP contribution is -2.56. The van der Waals surface area contributed by atoms with E-state index in [0.29, 0.717) is 5.69 Å². The molecule has 12 heteroatoms. The van der Waals surface area contributed by atoms with Crippen molar-refractivity contribution >= 4 is 23.7 Å². The number of aliphatic carboxylic acids is 1. The Labute approximate surface area is 148 Å². The van der Waals surface area contributed by atoms with Crippen molar-refractivity contribution in [3.05, 3.63) is 18.2 Å². The number of primary amides is 1. The normalized spacial score (nSPS) is 14.1. The summed E-state index contributed by atoms with van der Waals surface area (Å²) in [5.41, 5.74) is 11.3. The lowest BCUT2D eigenvalue weighted by molar-refractivity contribution is -0.142. The zero-order chi connectivity index (χ0) is 19.7. The van der Waals surface area contributed by atoms with Crippen molar-refractivity contribution in [2.75, 3.05) is 6.61 Å². The van der Waals surface area contributed by atoms with Crippen LogP contribution in [0, 0.1) is 0 Å². The van der Waals surface area contributed by atoms with E-state index in [4.69, 9.17) is 16.6 Å². The Morgan fingerprint density at radius 3 is 2.35 bits per heavy atom. The number of aliphatic hydroxyl groups excluding tert-OH is 1. The van der Waals surface area contributed by atoms with Gasteiger partial charge in [-0.2, -0.15) is 0 Å². The molecule has 0 bridgehead atoms. The van der Waals surface area contributed by atoms with Gasteiger partial charge in [0.2, 0.25) is 17.7 Å². The number of aliphatic hydroxyl groups is 1. The van der Waals surface area contributed by atoms with E-state index in [1.54, 1.807) is 0 Å². The first-order chi connectivity index (χ1) is 12.2. The summed E-state index contributed by atoms with van der Waals surface area (Å²) in [5, 5.41) is 22.7. The van der Waals surface area contributed by atoms with Gasteiger partial charge in [-0.05, 0) is 6.42 Å². The van der Waals surface area contributed by atoms with Crippen LogP contribution < -0.4 is 22.1 Å². The van der Waals surface area contributed by atoms with Crippen molar-refractivity contribution in [3.8, 4) is 0 Å². The minimum atomic E-state index is -1.40. The molecule has 3 atom stereocenters. The number of imidazole rings is 1. The first-order valence-electron chi connectivity index (χ1n) is 7.70. The largest absolute Gasteiger partial charge is 0.480 e. The molecule has 0 saturated heterocycles. The van der Waals surface area contributed by atoms with Crippen LogP contribution in [0.2, 0.25) is 0 Å². The van der Waals surface area contributed by atoms with Gasteiger partial charge in [-0.25, -0.2) is 9.78 Å². The molecule has 0 spiro atoms. The number of rotatable bonds is 11. The fraction of sp³-hybridized carbons (Fsp3) is 0.500. The second-order valence-corrected chi connectivity index (χ2v) is 5.54. The number of carbonyl (C=O) groups is 4. The molecule has 12 nitrogen and oxygen atoms in total. The number of H-pyrrole nitrogens is 1. The standard InChI is InChI=1S/C14H22N6O6/c15-8(3-7-4-17-6-18-7)12(23)20-10(5-21)13(24)19-9(14(25)26)1-2-11(16)22/h4,6,8-10,21H,1-3,5,15H2,(H2,16,22)(H,17,18)(H,19,24)(H,20,23)(H,25,26)/t8-,9-,10-/m0/s1. The van der Waals surface area contributed by atoms with Crippen molar-refractivity contribution in [1.82, 2.24) is 20.6 Å². The third-order valence-electron chi connectivity index (χ3n) is 3.44. The number of carboxylic acid groups (broad SMARTS) is 1. The van der Waals surface area contributed by atoms with Gasteiger partial charge in [0.15, 0.2) is 0 Å². The monoisotopic (exact) mass is 370 g/mol. The quantitative estimate of drug-likeness (QED) is 0.208. The lowest BCUT2D eigenvalue weighted by atomic mass is 10.1. The van der Waals surface area contributed by atoms with Gasteiger partial charge < -0.3 is 37.3 Å². The van der Waals surface area contributed by atoms with Crippen molar-refractivity contribution in [2.24, 2.45) is 11.5 Å². The van der Waals surface area contributed by atoms with Gasteiger partial charge in [-0.15, -0.1) is 0 Å². The van der Waals surface area contributed by atoms with E-state index in [1.807, 2.05) is 0 Å². The minimum absolute atomic E-state index is 0.127. The van der Waals surface area contributed by atoms with E-state index < -0.39 is 48.4 Å². The number of carbonyl (C=O) groups excluding carboxylic acids is 3. The van der Waals surface area contributed by atoms with E-state index in [-0.39, 0.29) is 19.3 Å². The van der Waals surface area contributed by atoms with E-state index in [0.717, 1.165) is 0 Å². The molecular weight excluding hydrogens is 348 g/mol. The second-order valence-electron chi connectivity index (χ2n) is 5.54. The number of aromatic nitrogens is 2. The zero-order valence-electron chi connectivity index (χ0n) is 13.8. The third kappa shape index (κ3) is 6.86. The van der Waals surface area contributed by atoms with E-state index >= 15 is 0 Å². The lowest BCUT2D eigenvalue weighted by Gasteiger charge is -2.21. The highest BCUT2D eigenvalue weighted by atomic mass is 16.4. The molecule has 3 amide bonds. The summed E-state index contributed by atoms with van der Waals surface area (Å²) in [7, 11) is 0. The molecule has 144 valence electrons. The van der Waals surface area contributed by atoms with E-state index in [9.17, 15) is 24.3 Å². The Morgan fingerprint density at radius 1 is 1.19 bits per heavy atom. The Bertz CT molecular complexity index is 634. The molecule has 0 fully saturated rings. The average molecular weight is 370 g/mol. The molecule has 0 aromatic carbocycles. The summed E-state index contributed by atoms with van der Waals surface area (Å²) >= 11 is 0. The van der Waals surface area contributed by atoms with Crippen molar-refractivity contribution in [1.29, 1.82) is 0 Å². The van der Waals surface area contributed by atoms with Crippen molar-refractivity contribution in [2.45, 2.75) is 37.4 Å². The van der Waals surface area contributed by atoms with Gasteiger partial charge in [-0.3, -0.25) is 14.4 Å². The number of nitrogens with two attached hydrogens (primary N) is 2. The van der Waals surface area contributed by atoms with Crippen molar-refractivity contribution in [3.63, 3.8) is 0 Å². The Hall–Kier alpha value is -2.99. The van der Waals surface area contributed by atoms with Crippen molar-refractivity contribution < 1.29 is 29.4 Å². The summed E-state index contributed by atoms with van der Waals surface area (Å²) in [6.07, 6.45) is 2.56. The van der Waals surface area contributed by atoms with Gasteiger partial charge >= 0.3 is 5.97 Å². The van der Waals surface area contributed by atoms with Gasteiger partial charge in [-0.1, -0.05) is 0 Å². The average Bonchev–Trinajstić information content (AvgIpc) is 3.08. The van der Waals surface area contributed by atoms with Gasteiger partial charge in [0.05, 0.1) is 19.0 Å². The number of nitrogens with one attached hydrogen (secondary N) is 3. The minimum Gasteiger partial charge on any atom is -0.480 e. The molecule has 0 saturated carbocycles. The number of hydrogen-bond acceptors (Lipinski definition) is 7. The number of nitrogens with zero attached hydrogens (tertiary/aromatic N) is 1.